The molecule has 0 aliphatic heterocycles. The first-order chi connectivity index (χ1) is 8.72. The fourth-order valence-electron chi connectivity index (χ4n) is 1.67. The third kappa shape index (κ3) is 1.77. The molecule has 0 bridgehead atoms. The van der Waals surface area contributed by atoms with Gasteiger partial charge >= 0.3 is 6.09 Å². The van der Waals surface area contributed by atoms with Gasteiger partial charge in [-0.2, -0.15) is 5.10 Å². The fourth-order valence-corrected chi connectivity index (χ4v) is 1.67. The minimum Gasteiger partial charge on any atom is -0.465 e. The fraction of sp³-hybridized carbons (Fsp3) is 0. The van der Waals surface area contributed by atoms with Crippen LogP contribution in [0.2, 0.25) is 0 Å². The van der Waals surface area contributed by atoms with Crippen LogP contribution in [0.5, 0.6) is 0 Å². The zero-order chi connectivity index (χ0) is 12.5. The maximum Gasteiger partial charge on any atom is 0.409 e. The summed E-state index contributed by atoms with van der Waals surface area (Å²) in [5.74, 6) is 0.537. The molecule has 90 valence electrons. The Morgan fingerprint density at radius 3 is 3.00 bits per heavy atom. The highest BCUT2D eigenvalue weighted by Gasteiger charge is 2.07. The van der Waals surface area contributed by atoms with Crippen LogP contribution >= 0.6 is 0 Å². The summed E-state index contributed by atoms with van der Waals surface area (Å²) in [5.41, 5.74) is 2.12. The zero-order valence-corrected chi connectivity index (χ0v) is 9.16. The van der Waals surface area contributed by atoms with Gasteiger partial charge in [0, 0.05) is 0 Å². The largest absolute Gasteiger partial charge is 0.465 e. The quantitative estimate of drug-likeness (QED) is 0.639. The van der Waals surface area contributed by atoms with Crippen molar-refractivity contribution in [1.29, 1.82) is 0 Å². The van der Waals surface area contributed by atoms with E-state index in [-0.39, 0.29) is 0 Å². The smallest absolute Gasteiger partial charge is 0.409 e. The Balaban J connectivity index is 1.98. The molecule has 7 heteroatoms. The molecule has 0 unspecified atom stereocenters. The van der Waals surface area contributed by atoms with Crippen LogP contribution in [-0.4, -0.2) is 30.9 Å². The monoisotopic (exact) mass is 243 g/mol. The van der Waals surface area contributed by atoms with E-state index in [1.807, 2.05) is 24.3 Å². The van der Waals surface area contributed by atoms with Gasteiger partial charge in [-0.05, 0) is 12.1 Å². The van der Waals surface area contributed by atoms with Gasteiger partial charge in [-0.3, -0.25) is 5.32 Å². The van der Waals surface area contributed by atoms with Crippen LogP contribution in [0.15, 0.2) is 36.7 Å². The van der Waals surface area contributed by atoms with E-state index in [0.717, 1.165) is 11.0 Å². The van der Waals surface area contributed by atoms with Crippen molar-refractivity contribution < 1.29 is 9.90 Å². The number of carboxylic acid groups (broad SMARTS) is 1. The first-order valence-corrected chi connectivity index (χ1v) is 5.22. The number of hydrogen-bond donors (Lipinski definition) is 3. The lowest BCUT2D eigenvalue weighted by Crippen LogP contribution is -2.06. The van der Waals surface area contributed by atoms with E-state index in [1.54, 1.807) is 6.20 Å². The van der Waals surface area contributed by atoms with E-state index in [9.17, 15) is 4.79 Å². The number of benzene rings is 1. The highest BCUT2D eigenvalue weighted by Crippen LogP contribution is 2.14. The van der Waals surface area contributed by atoms with Crippen LogP contribution in [0.25, 0.3) is 17.0 Å². The minimum absolute atomic E-state index is 0.392. The number of para-hydroxylation sites is 2. The van der Waals surface area contributed by atoms with Crippen molar-refractivity contribution >= 4 is 22.8 Å². The number of aromatic amines is 1. The normalized spacial score (nSPS) is 10.7. The van der Waals surface area contributed by atoms with Gasteiger partial charge in [0.05, 0.1) is 29.1 Å². The van der Waals surface area contributed by atoms with Crippen molar-refractivity contribution in [3.63, 3.8) is 0 Å². The Kier molecular flexibility index (Phi) is 2.23. The molecular formula is C11H9N5O2. The number of nitrogens with zero attached hydrogens (tertiary/aromatic N) is 3. The molecule has 3 N–H and O–H groups in total. The molecule has 0 aliphatic rings. The van der Waals surface area contributed by atoms with Crippen molar-refractivity contribution in [1.82, 2.24) is 19.7 Å². The second-order valence-electron chi connectivity index (χ2n) is 3.68. The lowest BCUT2D eigenvalue weighted by atomic mass is 10.3. The molecule has 0 fully saturated rings. The summed E-state index contributed by atoms with van der Waals surface area (Å²) in [6.45, 7) is 0. The number of fused-ring (bicyclic) bond motifs is 1. The topological polar surface area (TPSA) is 95.8 Å². The predicted molar refractivity (Wildman–Crippen MR) is 64.9 cm³/mol. The molecule has 0 radical (unpaired) electrons. The van der Waals surface area contributed by atoms with Gasteiger partial charge < -0.3 is 10.1 Å². The Bertz CT molecular complexity index is 682. The SMILES string of the molecule is O=C(O)Nc1cnn(-c2nc3ccccc3[nH]2)c1. The molecule has 1 aromatic carbocycles. The molecule has 3 aromatic rings. The maximum absolute atomic E-state index is 10.5. The molecule has 7 nitrogen and oxygen atoms in total. The van der Waals surface area contributed by atoms with Gasteiger partial charge in [0.15, 0.2) is 0 Å². The van der Waals surface area contributed by atoms with Crippen molar-refractivity contribution in [3.8, 4) is 5.95 Å². The number of anilines is 1. The van der Waals surface area contributed by atoms with E-state index in [1.165, 1.54) is 10.9 Å². The number of hydrogen-bond acceptors (Lipinski definition) is 3. The molecule has 2 heterocycles. The third-order valence-corrected chi connectivity index (χ3v) is 2.43. The minimum atomic E-state index is -1.13. The van der Waals surface area contributed by atoms with E-state index in [4.69, 9.17) is 5.11 Å². The number of nitrogens with one attached hydrogen (secondary N) is 2. The van der Waals surface area contributed by atoms with Crippen LogP contribution < -0.4 is 5.32 Å². The van der Waals surface area contributed by atoms with Crippen LogP contribution in [0.4, 0.5) is 10.5 Å². The summed E-state index contributed by atoms with van der Waals surface area (Å²) in [6, 6.07) is 7.60. The van der Waals surface area contributed by atoms with Crippen molar-refractivity contribution in [2.75, 3.05) is 5.32 Å². The van der Waals surface area contributed by atoms with Crippen molar-refractivity contribution in [2.24, 2.45) is 0 Å². The van der Waals surface area contributed by atoms with Gasteiger partial charge in [-0.25, -0.2) is 14.5 Å². The number of rotatable bonds is 2. The van der Waals surface area contributed by atoms with Gasteiger partial charge in [0.25, 0.3) is 0 Å². The summed E-state index contributed by atoms with van der Waals surface area (Å²) in [7, 11) is 0. The summed E-state index contributed by atoms with van der Waals surface area (Å²) in [4.78, 5) is 17.9. The van der Waals surface area contributed by atoms with E-state index >= 15 is 0 Å². The number of imidazole rings is 1. The molecule has 3 rings (SSSR count). The zero-order valence-electron chi connectivity index (χ0n) is 9.16. The number of carbonyl (C=O) groups is 1. The van der Waals surface area contributed by atoms with Crippen LogP contribution in [0.1, 0.15) is 0 Å². The van der Waals surface area contributed by atoms with E-state index in [2.05, 4.69) is 20.4 Å². The number of aromatic nitrogens is 4. The predicted octanol–water partition coefficient (Wildman–Crippen LogP) is 1.84. The second-order valence-corrected chi connectivity index (χ2v) is 3.68. The van der Waals surface area contributed by atoms with E-state index < -0.39 is 6.09 Å². The maximum atomic E-state index is 10.5. The standard InChI is InChI=1S/C11H9N5O2/c17-11(18)13-7-5-12-16(6-7)10-14-8-3-1-2-4-9(8)15-10/h1-6,13H,(H,14,15)(H,17,18). The lowest BCUT2D eigenvalue weighted by molar-refractivity contribution is 0.210. The van der Waals surface area contributed by atoms with Gasteiger partial charge in [-0.1, -0.05) is 12.1 Å². The molecule has 1 amide bonds. The molecular weight excluding hydrogens is 234 g/mol. The molecule has 0 saturated carbocycles. The average Bonchev–Trinajstić information content (AvgIpc) is 2.93. The Morgan fingerprint density at radius 1 is 1.39 bits per heavy atom. The third-order valence-electron chi connectivity index (χ3n) is 2.43. The summed E-state index contributed by atoms with van der Waals surface area (Å²) >= 11 is 0. The molecule has 0 saturated heterocycles. The summed E-state index contributed by atoms with van der Waals surface area (Å²) in [6.07, 6.45) is 1.84. The van der Waals surface area contributed by atoms with Crippen LogP contribution in [0, 0.1) is 0 Å². The molecule has 0 atom stereocenters. The van der Waals surface area contributed by atoms with Gasteiger partial charge in [0.1, 0.15) is 0 Å². The Morgan fingerprint density at radius 2 is 2.22 bits per heavy atom. The first kappa shape index (κ1) is 10.3. The van der Waals surface area contributed by atoms with Crippen molar-refractivity contribution in [3.05, 3.63) is 36.7 Å². The van der Waals surface area contributed by atoms with Gasteiger partial charge in [0.2, 0.25) is 5.95 Å². The second kappa shape index (κ2) is 3.88. The van der Waals surface area contributed by atoms with Crippen LogP contribution in [0.3, 0.4) is 0 Å². The lowest BCUT2D eigenvalue weighted by Gasteiger charge is -1.94. The first-order valence-electron chi connectivity index (χ1n) is 5.22. The summed E-state index contributed by atoms with van der Waals surface area (Å²) < 4.78 is 1.48. The Labute approximate surface area is 101 Å². The highest BCUT2D eigenvalue weighted by molar-refractivity contribution is 5.82. The summed E-state index contributed by atoms with van der Waals surface area (Å²) in [5, 5.41) is 14.8. The average molecular weight is 243 g/mol. The molecule has 18 heavy (non-hydrogen) atoms. The van der Waals surface area contributed by atoms with Crippen molar-refractivity contribution in [2.45, 2.75) is 0 Å². The highest BCUT2D eigenvalue weighted by atomic mass is 16.4. The molecule has 0 aliphatic carbocycles. The molecule has 0 spiro atoms. The van der Waals surface area contributed by atoms with Crippen LogP contribution in [-0.2, 0) is 0 Å². The van der Waals surface area contributed by atoms with E-state index in [0.29, 0.717) is 11.6 Å². The molecule has 2 aromatic heterocycles. The van der Waals surface area contributed by atoms with Gasteiger partial charge in [-0.15, -0.1) is 0 Å². The number of H-pyrrole nitrogens is 1. The Hall–Kier alpha value is -2.83. The number of amides is 1.